The average Bonchev–Trinajstić information content (AvgIpc) is 3.04. The molecule has 28 heavy (non-hydrogen) atoms. The van der Waals surface area contributed by atoms with Crippen LogP contribution in [-0.4, -0.2) is 58.7 Å². The Labute approximate surface area is 167 Å². The number of carboxylic acid groups (broad SMARTS) is 1. The number of hydrogen-bond acceptors (Lipinski definition) is 8. The molecule has 3 rings (SSSR count). The summed E-state index contributed by atoms with van der Waals surface area (Å²) in [5, 5.41) is 20.0. The van der Waals surface area contributed by atoms with Gasteiger partial charge < -0.3 is 19.3 Å². The zero-order chi connectivity index (χ0) is 20.0. The first-order valence-corrected chi connectivity index (χ1v) is 10.1. The van der Waals surface area contributed by atoms with E-state index < -0.39 is 16.9 Å². The van der Waals surface area contributed by atoms with Crippen LogP contribution in [0.1, 0.15) is 32.1 Å². The first-order valence-electron chi connectivity index (χ1n) is 9.31. The summed E-state index contributed by atoms with van der Waals surface area (Å²) in [6.45, 7) is 1.13. The number of rotatable bonds is 8. The van der Waals surface area contributed by atoms with Crippen LogP contribution in [-0.2, 0) is 14.2 Å². The summed E-state index contributed by atoms with van der Waals surface area (Å²) in [4.78, 5) is 22.0. The Balaban J connectivity index is 1.65. The van der Waals surface area contributed by atoms with Crippen molar-refractivity contribution in [1.82, 2.24) is 4.31 Å². The van der Waals surface area contributed by atoms with Crippen molar-refractivity contribution in [2.75, 3.05) is 26.3 Å². The molecule has 1 aromatic rings. The Morgan fingerprint density at radius 3 is 2.82 bits per heavy atom. The number of para-hydroxylation sites is 1. The van der Waals surface area contributed by atoms with Gasteiger partial charge in [0.15, 0.2) is 5.79 Å². The molecule has 2 fully saturated rings. The molecule has 0 bridgehead atoms. The van der Waals surface area contributed by atoms with Gasteiger partial charge in [-0.3, -0.25) is 10.1 Å². The van der Waals surface area contributed by atoms with Gasteiger partial charge in [-0.1, -0.05) is 18.6 Å². The molecule has 0 radical (unpaired) electrons. The molecule has 1 atom stereocenters. The molecule has 1 N–H and O–H groups in total. The Kier molecular flexibility index (Phi) is 7.11. The third-order valence-corrected chi connectivity index (χ3v) is 5.92. The number of nitrogens with zero attached hydrogens (tertiary/aromatic N) is 2. The predicted molar refractivity (Wildman–Crippen MR) is 101 cm³/mol. The molecular weight excluding hydrogens is 388 g/mol. The summed E-state index contributed by atoms with van der Waals surface area (Å²) in [6, 6.07) is 6.46. The first kappa shape index (κ1) is 20.8. The summed E-state index contributed by atoms with van der Waals surface area (Å²) in [5.74, 6) is -0.504. The van der Waals surface area contributed by atoms with Gasteiger partial charge in [0.2, 0.25) is 0 Å². The van der Waals surface area contributed by atoms with E-state index in [1.165, 1.54) is 24.4 Å². The van der Waals surface area contributed by atoms with Crippen LogP contribution in [0.25, 0.3) is 0 Å². The number of hydrogen-bond donors (Lipinski definition) is 1. The molecule has 1 spiro atoms. The fourth-order valence-corrected chi connectivity index (χ4v) is 4.58. The molecule has 2 aliphatic rings. The first-order chi connectivity index (χ1) is 13.5. The number of nitro benzene ring substituents is 1. The molecule has 0 aromatic heterocycles. The molecule has 1 aliphatic heterocycles. The number of nitro groups is 1. The smallest absolute Gasteiger partial charge is 0.450 e. The van der Waals surface area contributed by atoms with Gasteiger partial charge in [-0.2, -0.15) is 0 Å². The minimum absolute atomic E-state index is 0.00370. The van der Waals surface area contributed by atoms with Crippen molar-refractivity contribution in [2.45, 2.75) is 48.9 Å². The standard InChI is InChI=1S/C18H24N2O7S/c21-17(22)25-11-10-19(28-16-7-3-2-6-15(16)20(23)24)12-14-13-26-18(27-14)8-4-1-5-9-18/h2-3,6-7,14H,1,4-5,8-13H2,(H,21,22). The second kappa shape index (κ2) is 9.55. The summed E-state index contributed by atoms with van der Waals surface area (Å²) in [5.41, 5.74) is 0.00370. The Bertz CT molecular complexity index is 696. The molecule has 1 saturated carbocycles. The van der Waals surface area contributed by atoms with Gasteiger partial charge in [0.25, 0.3) is 5.69 Å². The van der Waals surface area contributed by atoms with E-state index in [0.717, 1.165) is 25.7 Å². The zero-order valence-electron chi connectivity index (χ0n) is 15.5. The molecule has 1 saturated heterocycles. The van der Waals surface area contributed by atoms with E-state index >= 15 is 0 Å². The quantitative estimate of drug-likeness (QED) is 0.296. The Morgan fingerprint density at radius 2 is 2.11 bits per heavy atom. The van der Waals surface area contributed by atoms with Gasteiger partial charge in [-0.05, 0) is 30.9 Å². The molecule has 10 heteroatoms. The predicted octanol–water partition coefficient (Wildman–Crippen LogP) is 3.67. The highest BCUT2D eigenvalue weighted by atomic mass is 32.2. The lowest BCUT2D eigenvalue weighted by Crippen LogP contribution is -2.36. The van der Waals surface area contributed by atoms with Crippen LogP contribution in [0.2, 0.25) is 0 Å². The molecule has 154 valence electrons. The number of ether oxygens (including phenoxy) is 3. The average molecular weight is 412 g/mol. The number of benzene rings is 1. The van der Waals surface area contributed by atoms with Crippen LogP contribution in [0.3, 0.4) is 0 Å². The molecule has 1 aromatic carbocycles. The van der Waals surface area contributed by atoms with E-state index in [-0.39, 0.29) is 24.9 Å². The number of carbonyl (C=O) groups is 1. The van der Waals surface area contributed by atoms with E-state index in [1.54, 1.807) is 18.2 Å². The van der Waals surface area contributed by atoms with E-state index in [1.807, 2.05) is 4.31 Å². The van der Waals surface area contributed by atoms with Gasteiger partial charge in [-0.15, -0.1) is 0 Å². The fraction of sp³-hybridized carbons (Fsp3) is 0.611. The third-order valence-electron chi connectivity index (χ3n) is 4.79. The van der Waals surface area contributed by atoms with Crippen molar-refractivity contribution in [1.29, 1.82) is 0 Å². The fourth-order valence-electron chi connectivity index (χ4n) is 3.52. The SMILES string of the molecule is O=C(O)OCCN(CC1COC2(CCCCC2)O1)Sc1ccccc1[N+](=O)[O-]. The summed E-state index contributed by atoms with van der Waals surface area (Å²) in [6.07, 6.45) is 3.56. The summed E-state index contributed by atoms with van der Waals surface area (Å²) in [7, 11) is 0. The highest BCUT2D eigenvalue weighted by molar-refractivity contribution is 7.97. The van der Waals surface area contributed by atoms with Gasteiger partial charge in [0, 0.05) is 32.0 Å². The van der Waals surface area contributed by atoms with Crippen molar-refractivity contribution in [3.8, 4) is 0 Å². The molecule has 1 aliphatic carbocycles. The minimum atomic E-state index is -1.35. The topological polar surface area (TPSA) is 111 Å². The highest BCUT2D eigenvalue weighted by Gasteiger charge is 2.42. The lowest BCUT2D eigenvalue weighted by Gasteiger charge is -2.32. The van der Waals surface area contributed by atoms with E-state index in [4.69, 9.17) is 14.6 Å². The minimum Gasteiger partial charge on any atom is -0.450 e. The second-order valence-corrected chi connectivity index (χ2v) is 7.98. The second-order valence-electron chi connectivity index (χ2n) is 6.84. The van der Waals surface area contributed by atoms with Gasteiger partial charge >= 0.3 is 6.16 Å². The van der Waals surface area contributed by atoms with Crippen LogP contribution >= 0.6 is 11.9 Å². The van der Waals surface area contributed by atoms with Gasteiger partial charge in [-0.25, -0.2) is 9.10 Å². The highest BCUT2D eigenvalue weighted by Crippen LogP contribution is 2.39. The van der Waals surface area contributed by atoms with Crippen molar-refractivity contribution in [3.63, 3.8) is 0 Å². The normalized spacial score (nSPS) is 21.1. The molecular formula is C18H24N2O7S. The zero-order valence-corrected chi connectivity index (χ0v) is 16.3. The van der Waals surface area contributed by atoms with Crippen molar-refractivity contribution in [2.24, 2.45) is 0 Å². The van der Waals surface area contributed by atoms with Gasteiger partial charge in [0.05, 0.1) is 17.6 Å². The molecule has 9 nitrogen and oxygen atoms in total. The lowest BCUT2D eigenvalue weighted by molar-refractivity contribution is -0.387. The van der Waals surface area contributed by atoms with E-state index in [2.05, 4.69) is 4.74 Å². The van der Waals surface area contributed by atoms with Crippen LogP contribution in [0.5, 0.6) is 0 Å². The maximum atomic E-state index is 11.3. The van der Waals surface area contributed by atoms with Crippen LogP contribution in [0.15, 0.2) is 29.2 Å². The molecule has 1 heterocycles. The summed E-state index contributed by atoms with van der Waals surface area (Å²) < 4.78 is 18.6. The van der Waals surface area contributed by atoms with Crippen molar-refractivity contribution >= 4 is 23.8 Å². The van der Waals surface area contributed by atoms with Crippen LogP contribution < -0.4 is 0 Å². The van der Waals surface area contributed by atoms with E-state index in [9.17, 15) is 14.9 Å². The summed E-state index contributed by atoms with van der Waals surface area (Å²) >= 11 is 1.20. The van der Waals surface area contributed by atoms with Crippen LogP contribution in [0, 0.1) is 10.1 Å². The molecule has 0 amide bonds. The maximum Gasteiger partial charge on any atom is 0.505 e. The Morgan fingerprint density at radius 1 is 1.36 bits per heavy atom. The maximum absolute atomic E-state index is 11.3. The van der Waals surface area contributed by atoms with E-state index in [0.29, 0.717) is 18.0 Å². The van der Waals surface area contributed by atoms with Crippen molar-refractivity contribution < 1.29 is 29.0 Å². The molecule has 1 unspecified atom stereocenters. The lowest BCUT2D eigenvalue weighted by atomic mass is 9.94. The van der Waals surface area contributed by atoms with Crippen molar-refractivity contribution in [3.05, 3.63) is 34.4 Å². The Hall–Kier alpha value is -1.88. The third kappa shape index (κ3) is 5.57. The monoisotopic (exact) mass is 412 g/mol. The van der Waals surface area contributed by atoms with Crippen LogP contribution in [0.4, 0.5) is 10.5 Å². The van der Waals surface area contributed by atoms with Gasteiger partial charge in [0.1, 0.15) is 11.5 Å². The largest absolute Gasteiger partial charge is 0.505 e.